The molecule has 0 bridgehead atoms. The van der Waals surface area contributed by atoms with Gasteiger partial charge in [-0.05, 0) is 37.1 Å². The number of morpholine rings is 1. The number of sulfonamides is 1. The van der Waals surface area contributed by atoms with Crippen LogP contribution in [0.2, 0.25) is 0 Å². The molecule has 0 radical (unpaired) electrons. The lowest BCUT2D eigenvalue weighted by molar-refractivity contribution is -0.384. The Kier molecular flexibility index (Phi) is 7.67. The summed E-state index contributed by atoms with van der Waals surface area (Å²) in [6.45, 7) is 4.75. The van der Waals surface area contributed by atoms with Crippen LogP contribution in [0, 0.1) is 24.0 Å². The summed E-state index contributed by atoms with van der Waals surface area (Å²) in [7, 11) is -3.86. The predicted molar refractivity (Wildman–Crippen MR) is 119 cm³/mol. The van der Waals surface area contributed by atoms with Gasteiger partial charge in [-0.2, -0.15) is 4.31 Å². The predicted octanol–water partition coefficient (Wildman–Crippen LogP) is 2.08. The quantitative estimate of drug-likeness (QED) is 0.425. The van der Waals surface area contributed by atoms with E-state index in [9.17, 15) is 23.6 Å². The number of nitrogens with one attached hydrogen (secondary N) is 1. The van der Waals surface area contributed by atoms with Crippen LogP contribution in [0.25, 0.3) is 0 Å². The summed E-state index contributed by atoms with van der Waals surface area (Å²) >= 11 is 0. The van der Waals surface area contributed by atoms with E-state index in [1.807, 2.05) is 32.0 Å². The fourth-order valence-corrected chi connectivity index (χ4v) is 4.83. The van der Waals surface area contributed by atoms with E-state index < -0.39 is 21.1 Å². The highest BCUT2D eigenvalue weighted by Gasteiger charge is 2.29. The van der Waals surface area contributed by atoms with E-state index >= 15 is 0 Å². The molecule has 174 valence electrons. The first-order valence-corrected chi connectivity index (χ1v) is 11.6. The number of anilines is 1. The number of nitro benzene ring substituents is 1. The van der Waals surface area contributed by atoms with E-state index in [1.54, 1.807) is 0 Å². The lowest BCUT2D eigenvalue weighted by atomic mass is 10.1. The third kappa shape index (κ3) is 5.54. The van der Waals surface area contributed by atoms with Crippen molar-refractivity contribution < 1.29 is 27.9 Å². The van der Waals surface area contributed by atoms with E-state index in [4.69, 9.17) is 9.47 Å². The Bertz CT molecular complexity index is 1050. The van der Waals surface area contributed by atoms with Crippen LogP contribution in [0.15, 0.2) is 41.3 Å². The maximum Gasteiger partial charge on any atom is 0.293 e. The van der Waals surface area contributed by atoms with Crippen molar-refractivity contribution in [2.24, 2.45) is 0 Å². The molecule has 1 aliphatic rings. The van der Waals surface area contributed by atoms with Crippen LogP contribution in [0.1, 0.15) is 11.1 Å². The number of benzene rings is 2. The zero-order valence-electron chi connectivity index (χ0n) is 18.0. The Morgan fingerprint density at radius 3 is 2.50 bits per heavy atom. The SMILES string of the molecule is Cc1cccc(C)c1OCC(O)CNc1ccc(S(=O)(=O)N2CCOCC2)cc1[N+](=O)[O-]. The van der Waals surface area contributed by atoms with E-state index in [1.165, 1.54) is 16.4 Å². The average Bonchev–Trinajstić information content (AvgIpc) is 2.77. The van der Waals surface area contributed by atoms with Gasteiger partial charge in [0.1, 0.15) is 24.1 Å². The molecule has 11 heteroatoms. The third-order valence-electron chi connectivity index (χ3n) is 5.13. The monoisotopic (exact) mass is 465 g/mol. The topological polar surface area (TPSA) is 131 Å². The molecule has 1 saturated heterocycles. The van der Waals surface area contributed by atoms with Crippen LogP contribution in [0.4, 0.5) is 11.4 Å². The number of aliphatic hydroxyl groups excluding tert-OH is 1. The van der Waals surface area contributed by atoms with Gasteiger partial charge in [-0.3, -0.25) is 10.1 Å². The highest BCUT2D eigenvalue weighted by Crippen LogP contribution is 2.29. The molecule has 2 N–H and O–H groups in total. The minimum Gasteiger partial charge on any atom is -0.490 e. The molecule has 1 atom stereocenters. The fourth-order valence-electron chi connectivity index (χ4n) is 3.40. The molecule has 3 rings (SSSR count). The largest absolute Gasteiger partial charge is 0.490 e. The van der Waals surface area contributed by atoms with Crippen molar-refractivity contribution in [2.45, 2.75) is 24.8 Å². The van der Waals surface area contributed by atoms with Crippen LogP contribution < -0.4 is 10.1 Å². The highest BCUT2D eigenvalue weighted by atomic mass is 32.2. The Morgan fingerprint density at radius 1 is 1.22 bits per heavy atom. The maximum atomic E-state index is 12.8. The first-order chi connectivity index (χ1) is 15.2. The molecular weight excluding hydrogens is 438 g/mol. The van der Waals surface area contributed by atoms with Gasteiger partial charge < -0.3 is 19.9 Å². The molecule has 1 fully saturated rings. The smallest absolute Gasteiger partial charge is 0.293 e. The Labute approximate surface area is 187 Å². The molecule has 0 amide bonds. The molecule has 32 heavy (non-hydrogen) atoms. The van der Waals surface area contributed by atoms with Gasteiger partial charge in [-0.15, -0.1) is 0 Å². The fraction of sp³-hybridized carbons (Fsp3) is 0.429. The van der Waals surface area contributed by atoms with Gasteiger partial charge in [0.25, 0.3) is 5.69 Å². The van der Waals surface area contributed by atoms with Gasteiger partial charge in [0.15, 0.2) is 0 Å². The van der Waals surface area contributed by atoms with Gasteiger partial charge >= 0.3 is 0 Å². The second-order valence-electron chi connectivity index (χ2n) is 7.52. The summed E-state index contributed by atoms with van der Waals surface area (Å²) in [4.78, 5) is 10.7. The van der Waals surface area contributed by atoms with Crippen molar-refractivity contribution in [1.29, 1.82) is 0 Å². The second-order valence-corrected chi connectivity index (χ2v) is 9.46. The Morgan fingerprint density at radius 2 is 1.88 bits per heavy atom. The first kappa shape index (κ1) is 23.9. The molecule has 0 saturated carbocycles. The van der Waals surface area contributed by atoms with Crippen molar-refractivity contribution in [3.63, 3.8) is 0 Å². The average molecular weight is 466 g/mol. The maximum absolute atomic E-state index is 12.8. The second kappa shape index (κ2) is 10.3. The third-order valence-corrected chi connectivity index (χ3v) is 7.03. The lowest BCUT2D eigenvalue weighted by Gasteiger charge is -2.26. The summed E-state index contributed by atoms with van der Waals surface area (Å²) in [5, 5.41) is 24.6. The minimum absolute atomic E-state index is 0.00398. The standard InChI is InChI=1S/C21H27N3O7S/c1-15-4-3-5-16(2)21(15)31-14-17(25)13-22-19-7-6-18(12-20(19)24(26)27)32(28,29)23-8-10-30-11-9-23/h3-7,12,17,22,25H,8-11,13-14H2,1-2H3. The van der Waals surface area contributed by atoms with Crippen LogP contribution in [-0.4, -0.2) is 68.3 Å². The van der Waals surface area contributed by atoms with Crippen molar-refractivity contribution in [3.8, 4) is 5.75 Å². The van der Waals surface area contributed by atoms with Crippen molar-refractivity contribution in [2.75, 3.05) is 44.8 Å². The van der Waals surface area contributed by atoms with E-state index in [0.717, 1.165) is 17.2 Å². The van der Waals surface area contributed by atoms with Crippen molar-refractivity contribution >= 4 is 21.4 Å². The summed E-state index contributed by atoms with van der Waals surface area (Å²) in [6.07, 6.45) is -0.939. The number of hydrogen-bond acceptors (Lipinski definition) is 8. The number of para-hydroxylation sites is 1. The van der Waals surface area contributed by atoms with Crippen molar-refractivity contribution in [1.82, 2.24) is 4.31 Å². The van der Waals surface area contributed by atoms with Gasteiger partial charge in [-0.1, -0.05) is 18.2 Å². The Balaban J connectivity index is 1.68. The zero-order valence-corrected chi connectivity index (χ0v) is 18.8. The molecule has 2 aromatic rings. The summed E-state index contributed by atoms with van der Waals surface area (Å²) in [6, 6.07) is 9.42. The molecule has 1 unspecified atom stereocenters. The van der Waals surface area contributed by atoms with Gasteiger partial charge in [-0.25, -0.2) is 8.42 Å². The number of rotatable bonds is 9. The molecule has 0 spiro atoms. The van der Waals surface area contributed by atoms with Gasteiger partial charge in [0, 0.05) is 25.7 Å². The van der Waals surface area contributed by atoms with Crippen LogP contribution in [-0.2, 0) is 14.8 Å². The lowest BCUT2D eigenvalue weighted by Crippen LogP contribution is -2.40. The first-order valence-electron chi connectivity index (χ1n) is 10.2. The Hall–Kier alpha value is -2.73. The van der Waals surface area contributed by atoms with Gasteiger partial charge in [0.05, 0.1) is 23.0 Å². The van der Waals surface area contributed by atoms with E-state index in [0.29, 0.717) is 5.75 Å². The molecule has 0 aromatic heterocycles. The van der Waals surface area contributed by atoms with E-state index in [2.05, 4.69) is 5.32 Å². The molecule has 2 aromatic carbocycles. The molecule has 1 heterocycles. The van der Waals surface area contributed by atoms with Crippen molar-refractivity contribution in [3.05, 3.63) is 57.6 Å². The van der Waals surface area contributed by atoms with Crippen LogP contribution in [0.3, 0.4) is 0 Å². The van der Waals surface area contributed by atoms with Crippen LogP contribution in [0.5, 0.6) is 5.75 Å². The minimum atomic E-state index is -3.86. The van der Waals surface area contributed by atoms with Gasteiger partial charge in [0.2, 0.25) is 10.0 Å². The number of nitro groups is 1. The zero-order chi connectivity index (χ0) is 23.3. The number of hydrogen-bond donors (Lipinski definition) is 2. The molecule has 1 aliphatic heterocycles. The number of aliphatic hydroxyl groups is 1. The number of aryl methyl sites for hydroxylation is 2. The number of nitrogens with zero attached hydrogens (tertiary/aromatic N) is 2. The summed E-state index contributed by atoms with van der Waals surface area (Å²) in [5.41, 5.74) is 1.61. The van der Waals surface area contributed by atoms with Crippen LogP contribution >= 0.6 is 0 Å². The molecule has 10 nitrogen and oxygen atoms in total. The van der Waals surface area contributed by atoms with E-state index in [-0.39, 0.29) is 55.7 Å². The molecular formula is C21H27N3O7S. The normalized spacial score (nSPS) is 15.8. The summed E-state index contributed by atoms with van der Waals surface area (Å²) in [5.74, 6) is 0.690. The number of ether oxygens (including phenoxy) is 2. The highest BCUT2D eigenvalue weighted by molar-refractivity contribution is 7.89. The summed E-state index contributed by atoms with van der Waals surface area (Å²) < 4.78 is 37.7. The molecule has 0 aliphatic carbocycles.